The van der Waals surface area contributed by atoms with E-state index in [1.165, 1.54) is 18.9 Å². The Bertz CT molecular complexity index is 527. The van der Waals surface area contributed by atoms with Gasteiger partial charge >= 0.3 is 5.97 Å². The number of aromatic carboxylic acids is 1. The fourth-order valence-electron chi connectivity index (χ4n) is 2.98. The third kappa shape index (κ3) is 3.57. The molecule has 0 aromatic heterocycles. The van der Waals surface area contributed by atoms with E-state index in [1.54, 1.807) is 6.07 Å². The van der Waals surface area contributed by atoms with Crippen molar-refractivity contribution in [1.82, 2.24) is 0 Å². The molecule has 2 rings (SSSR count). The molecule has 1 aliphatic rings. The van der Waals surface area contributed by atoms with Gasteiger partial charge in [0.2, 0.25) is 0 Å². The Labute approximate surface area is 133 Å². The van der Waals surface area contributed by atoms with Crippen LogP contribution in [0.5, 0.6) is 0 Å². The second-order valence-electron chi connectivity index (χ2n) is 6.05. The number of carbonyl (C=O) groups is 1. The van der Waals surface area contributed by atoms with Gasteiger partial charge < -0.3 is 10.0 Å². The molecular weight excluding hydrogens is 337 g/mol. The summed E-state index contributed by atoms with van der Waals surface area (Å²) in [6.07, 6.45) is 4.50. The zero-order valence-electron chi connectivity index (χ0n) is 12.4. The van der Waals surface area contributed by atoms with Crippen LogP contribution in [0.15, 0.2) is 16.6 Å². The summed E-state index contributed by atoms with van der Waals surface area (Å²) >= 11 is 3.09. The number of halogens is 2. The van der Waals surface area contributed by atoms with Crippen molar-refractivity contribution in [2.75, 3.05) is 11.4 Å². The van der Waals surface area contributed by atoms with Gasteiger partial charge in [-0.3, -0.25) is 0 Å². The molecule has 0 amide bonds. The summed E-state index contributed by atoms with van der Waals surface area (Å²) in [6.45, 7) is 5.00. The van der Waals surface area contributed by atoms with Crippen molar-refractivity contribution in [1.29, 1.82) is 0 Å². The van der Waals surface area contributed by atoms with E-state index < -0.39 is 11.8 Å². The summed E-state index contributed by atoms with van der Waals surface area (Å²) in [5, 5.41) is 9.07. The van der Waals surface area contributed by atoms with E-state index in [2.05, 4.69) is 34.7 Å². The molecule has 0 unspecified atom stereocenters. The summed E-state index contributed by atoms with van der Waals surface area (Å²) in [4.78, 5) is 13.2. The van der Waals surface area contributed by atoms with Crippen molar-refractivity contribution in [3.63, 3.8) is 0 Å². The summed E-state index contributed by atoms with van der Waals surface area (Å²) in [5.74, 6) is -1.17. The first-order chi connectivity index (χ1) is 9.91. The van der Waals surface area contributed by atoms with Gasteiger partial charge in [-0.25, -0.2) is 9.18 Å². The Balaban J connectivity index is 2.39. The van der Waals surface area contributed by atoms with E-state index >= 15 is 0 Å². The standard InChI is InChI=1S/C16H21BrFNO2/c1-10(2)9-19(11-5-3-4-6-11)13-8-7-12(16(20)21)14(17)15(13)18/h7-8,10-11H,3-6,9H2,1-2H3,(H,20,21). The molecule has 3 nitrogen and oxygen atoms in total. The first kappa shape index (κ1) is 16.3. The molecule has 1 aromatic rings. The van der Waals surface area contributed by atoms with Crippen LogP contribution in [0.1, 0.15) is 49.9 Å². The molecule has 0 spiro atoms. The van der Waals surface area contributed by atoms with Gasteiger partial charge in [-0.15, -0.1) is 0 Å². The summed E-state index contributed by atoms with van der Waals surface area (Å²) < 4.78 is 14.7. The van der Waals surface area contributed by atoms with Crippen molar-refractivity contribution in [3.8, 4) is 0 Å². The van der Waals surface area contributed by atoms with Gasteiger partial charge in [-0.2, -0.15) is 0 Å². The van der Waals surface area contributed by atoms with Crippen molar-refractivity contribution in [2.45, 2.75) is 45.6 Å². The number of anilines is 1. The second-order valence-corrected chi connectivity index (χ2v) is 6.84. The van der Waals surface area contributed by atoms with Crippen LogP contribution in [-0.2, 0) is 0 Å². The Morgan fingerprint density at radius 1 is 1.43 bits per heavy atom. The highest BCUT2D eigenvalue weighted by Crippen LogP contribution is 2.34. The maximum atomic E-state index is 14.6. The molecule has 0 atom stereocenters. The number of hydrogen-bond donors (Lipinski definition) is 1. The van der Waals surface area contributed by atoms with Gasteiger partial charge in [0.15, 0.2) is 5.82 Å². The zero-order valence-corrected chi connectivity index (χ0v) is 14.0. The summed E-state index contributed by atoms with van der Waals surface area (Å²) in [7, 11) is 0. The highest BCUT2D eigenvalue weighted by atomic mass is 79.9. The van der Waals surface area contributed by atoms with E-state index in [9.17, 15) is 9.18 Å². The van der Waals surface area contributed by atoms with E-state index in [0.29, 0.717) is 17.6 Å². The molecule has 5 heteroatoms. The average molecular weight is 358 g/mol. The predicted molar refractivity (Wildman–Crippen MR) is 85.5 cm³/mol. The van der Waals surface area contributed by atoms with Crippen molar-refractivity contribution in [3.05, 3.63) is 28.0 Å². The SMILES string of the molecule is CC(C)CN(c1ccc(C(=O)O)c(Br)c1F)C1CCCC1. The van der Waals surface area contributed by atoms with Crippen LogP contribution >= 0.6 is 15.9 Å². The third-order valence-corrected chi connectivity index (χ3v) is 4.70. The van der Waals surface area contributed by atoms with Crippen molar-refractivity contribution in [2.24, 2.45) is 5.92 Å². The van der Waals surface area contributed by atoms with Gasteiger partial charge in [0.05, 0.1) is 15.7 Å². The lowest BCUT2D eigenvalue weighted by molar-refractivity contribution is 0.0695. The van der Waals surface area contributed by atoms with Crippen LogP contribution in [0.4, 0.5) is 10.1 Å². The molecular formula is C16H21BrFNO2. The van der Waals surface area contributed by atoms with Crippen molar-refractivity contribution < 1.29 is 14.3 Å². The molecule has 116 valence electrons. The second kappa shape index (κ2) is 6.77. The monoisotopic (exact) mass is 357 g/mol. The normalized spacial score (nSPS) is 15.7. The van der Waals surface area contributed by atoms with Gasteiger partial charge in [0.1, 0.15) is 0 Å². The maximum Gasteiger partial charge on any atom is 0.336 e. The minimum absolute atomic E-state index is 0.0350. The van der Waals surface area contributed by atoms with E-state index in [1.807, 2.05) is 0 Å². The van der Waals surface area contributed by atoms with Crippen LogP contribution in [0.25, 0.3) is 0 Å². The molecule has 1 N–H and O–H groups in total. The number of nitrogens with zero attached hydrogens (tertiary/aromatic N) is 1. The zero-order chi connectivity index (χ0) is 15.6. The first-order valence-corrected chi connectivity index (χ1v) is 8.19. The van der Waals surface area contributed by atoms with E-state index in [-0.39, 0.29) is 10.0 Å². The average Bonchev–Trinajstić information content (AvgIpc) is 2.92. The predicted octanol–water partition coefficient (Wildman–Crippen LogP) is 4.69. The topological polar surface area (TPSA) is 40.5 Å². The molecule has 0 saturated heterocycles. The van der Waals surface area contributed by atoms with Crippen LogP contribution in [-0.4, -0.2) is 23.7 Å². The van der Waals surface area contributed by atoms with Crippen molar-refractivity contribution >= 4 is 27.6 Å². The molecule has 21 heavy (non-hydrogen) atoms. The van der Waals surface area contributed by atoms with E-state index in [0.717, 1.165) is 19.4 Å². The number of rotatable bonds is 5. The minimum Gasteiger partial charge on any atom is -0.478 e. The highest BCUT2D eigenvalue weighted by molar-refractivity contribution is 9.10. The van der Waals surface area contributed by atoms with E-state index in [4.69, 9.17) is 5.11 Å². The fraction of sp³-hybridized carbons (Fsp3) is 0.562. The lowest BCUT2D eigenvalue weighted by Gasteiger charge is -2.33. The third-order valence-electron chi connectivity index (χ3n) is 3.93. The first-order valence-electron chi connectivity index (χ1n) is 7.39. The smallest absolute Gasteiger partial charge is 0.336 e. The molecule has 1 saturated carbocycles. The summed E-state index contributed by atoms with van der Waals surface area (Å²) in [6, 6.07) is 3.43. The quantitative estimate of drug-likeness (QED) is 0.830. The number of hydrogen-bond acceptors (Lipinski definition) is 2. The van der Waals surface area contributed by atoms with Gasteiger partial charge in [-0.1, -0.05) is 26.7 Å². The minimum atomic E-state index is -1.12. The summed E-state index contributed by atoms with van der Waals surface area (Å²) in [5.41, 5.74) is 0.472. The lowest BCUT2D eigenvalue weighted by Crippen LogP contribution is -2.37. The molecule has 1 aromatic carbocycles. The van der Waals surface area contributed by atoms with Gasteiger partial charge in [0.25, 0.3) is 0 Å². The Morgan fingerprint density at radius 2 is 2.05 bits per heavy atom. The Hall–Kier alpha value is -1.10. The van der Waals surface area contributed by atoms with Gasteiger partial charge in [-0.05, 0) is 46.8 Å². The van der Waals surface area contributed by atoms with Crippen LogP contribution in [0.2, 0.25) is 0 Å². The highest BCUT2D eigenvalue weighted by Gasteiger charge is 2.27. The molecule has 0 bridgehead atoms. The lowest BCUT2D eigenvalue weighted by atomic mass is 10.1. The Morgan fingerprint density at radius 3 is 2.57 bits per heavy atom. The maximum absolute atomic E-state index is 14.6. The molecule has 0 heterocycles. The number of carboxylic acids is 1. The Kier molecular flexibility index (Phi) is 5.25. The molecule has 1 fully saturated rings. The van der Waals surface area contributed by atoms with Gasteiger partial charge in [0, 0.05) is 12.6 Å². The van der Waals surface area contributed by atoms with Crippen LogP contribution in [0, 0.1) is 11.7 Å². The molecule has 1 aliphatic carbocycles. The molecule has 0 radical (unpaired) electrons. The van der Waals surface area contributed by atoms with Crippen LogP contribution < -0.4 is 4.90 Å². The number of benzene rings is 1. The number of carboxylic acid groups (broad SMARTS) is 1. The largest absolute Gasteiger partial charge is 0.478 e. The fourth-order valence-corrected chi connectivity index (χ4v) is 3.48. The molecule has 0 aliphatic heterocycles. The van der Waals surface area contributed by atoms with Crippen LogP contribution in [0.3, 0.4) is 0 Å².